The molecule has 1 aromatic heterocycles. The molecule has 0 bridgehead atoms. The van der Waals surface area contributed by atoms with E-state index in [1.165, 1.54) is 31.2 Å². The Morgan fingerprint density at radius 3 is 2.61 bits per heavy atom. The van der Waals surface area contributed by atoms with Crippen molar-refractivity contribution in [1.29, 1.82) is 0 Å². The highest BCUT2D eigenvalue weighted by molar-refractivity contribution is 6.15. The zero-order valence-corrected chi connectivity index (χ0v) is 19.6. The number of anilines is 1. The summed E-state index contributed by atoms with van der Waals surface area (Å²) in [6, 6.07) is 7.74. The van der Waals surface area contributed by atoms with Crippen LogP contribution in [0, 0.1) is 0 Å². The number of fused-ring (bicyclic) bond motifs is 1. The molecule has 0 radical (unpaired) electrons. The van der Waals surface area contributed by atoms with E-state index in [0.717, 1.165) is 37.7 Å². The second-order valence-electron chi connectivity index (χ2n) is 9.16. The lowest BCUT2D eigenvalue weighted by Gasteiger charge is -2.44. The zero-order chi connectivity index (χ0) is 23.6. The van der Waals surface area contributed by atoms with Crippen LogP contribution in [0.5, 0.6) is 0 Å². The van der Waals surface area contributed by atoms with E-state index in [-0.39, 0.29) is 29.9 Å². The van der Waals surface area contributed by atoms with Gasteiger partial charge in [0.25, 0.3) is 5.91 Å². The lowest BCUT2D eigenvalue weighted by molar-refractivity contribution is -0.127. The molecule has 8 heteroatoms. The van der Waals surface area contributed by atoms with Gasteiger partial charge in [0.15, 0.2) is 5.69 Å². The fourth-order valence-corrected chi connectivity index (χ4v) is 4.96. The number of rotatable bonds is 5. The molecule has 2 heterocycles. The number of nitrogens with zero attached hydrogens (tertiary/aromatic N) is 3. The van der Waals surface area contributed by atoms with Crippen molar-refractivity contribution in [3.8, 4) is 0 Å². The van der Waals surface area contributed by atoms with Crippen molar-refractivity contribution in [3.63, 3.8) is 0 Å². The van der Waals surface area contributed by atoms with E-state index in [2.05, 4.69) is 10.3 Å². The van der Waals surface area contributed by atoms with Crippen LogP contribution >= 0.6 is 0 Å². The molecule has 1 aromatic carbocycles. The maximum Gasteiger partial charge on any atom is 0.359 e. The maximum absolute atomic E-state index is 13.9. The number of benzene rings is 1. The fraction of sp³-hybridized carbons (Fsp3) is 0.520. The van der Waals surface area contributed by atoms with Crippen molar-refractivity contribution in [2.75, 3.05) is 12.0 Å². The van der Waals surface area contributed by atoms with Crippen LogP contribution in [0.25, 0.3) is 0 Å². The first-order chi connectivity index (χ1) is 15.9. The zero-order valence-electron chi connectivity index (χ0n) is 19.6. The molecule has 2 aliphatic rings. The molecule has 0 saturated heterocycles. The molecule has 1 fully saturated rings. The van der Waals surface area contributed by atoms with Crippen molar-refractivity contribution < 1.29 is 19.1 Å². The Balaban J connectivity index is 1.77. The molecule has 4 rings (SSSR count). The SMILES string of the molecule is CCc1cccc(N2C(=O)c3c(C(=O)OC)ncn3C[C@]2(C)C(=O)NC2CCCCCC2)c1. The predicted molar refractivity (Wildman–Crippen MR) is 124 cm³/mol. The fourth-order valence-electron chi connectivity index (χ4n) is 4.96. The second-order valence-corrected chi connectivity index (χ2v) is 9.16. The maximum atomic E-state index is 13.9. The van der Waals surface area contributed by atoms with Crippen LogP contribution in [0.1, 0.15) is 78.9 Å². The van der Waals surface area contributed by atoms with Gasteiger partial charge in [-0.1, -0.05) is 44.7 Å². The highest BCUT2D eigenvalue weighted by Gasteiger charge is 2.50. The molecule has 0 unspecified atom stereocenters. The van der Waals surface area contributed by atoms with Crippen LogP contribution in [0.15, 0.2) is 30.6 Å². The summed E-state index contributed by atoms with van der Waals surface area (Å²) in [6.45, 7) is 4.02. The van der Waals surface area contributed by atoms with Gasteiger partial charge < -0.3 is 14.6 Å². The van der Waals surface area contributed by atoms with E-state index in [1.54, 1.807) is 11.5 Å². The first kappa shape index (κ1) is 23.0. The molecule has 1 aliphatic carbocycles. The number of imidazole rings is 1. The Morgan fingerprint density at radius 1 is 1.21 bits per heavy atom. The number of aromatic nitrogens is 2. The number of nitrogens with one attached hydrogen (secondary N) is 1. The topological polar surface area (TPSA) is 93.5 Å². The molecular weight excluding hydrogens is 420 g/mol. The summed E-state index contributed by atoms with van der Waals surface area (Å²) in [5, 5.41) is 3.23. The quantitative estimate of drug-likeness (QED) is 0.554. The number of hydrogen-bond acceptors (Lipinski definition) is 5. The normalized spacial score (nSPS) is 21.3. The number of aryl methyl sites for hydroxylation is 1. The summed E-state index contributed by atoms with van der Waals surface area (Å²) >= 11 is 0. The van der Waals surface area contributed by atoms with E-state index in [1.807, 2.05) is 31.2 Å². The molecule has 1 N–H and O–H groups in total. The molecule has 33 heavy (non-hydrogen) atoms. The first-order valence-electron chi connectivity index (χ1n) is 11.8. The molecule has 1 aliphatic heterocycles. The number of ether oxygens (including phenoxy) is 1. The van der Waals surface area contributed by atoms with Gasteiger partial charge in [0.05, 0.1) is 20.0 Å². The van der Waals surface area contributed by atoms with Crippen LogP contribution in [0.2, 0.25) is 0 Å². The van der Waals surface area contributed by atoms with Crippen LogP contribution in [-0.2, 0) is 22.5 Å². The number of hydrogen-bond donors (Lipinski definition) is 1. The van der Waals surface area contributed by atoms with Gasteiger partial charge >= 0.3 is 5.97 Å². The summed E-state index contributed by atoms with van der Waals surface area (Å²) in [4.78, 5) is 45.6. The third kappa shape index (κ3) is 4.26. The number of carbonyl (C=O) groups excluding carboxylic acids is 3. The second kappa shape index (κ2) is 9.37. The van der Waals surface area contributed by atoms with Gasteiger partial charge in [-0.3, -0.25) is 14.5 Å². The third-order valence-corrected chi connectivity index (χ3v) is 6.85. The molecule has 0 spiro atoms. The molecule has 1 atom stereocenters. The number of methoxy groups -OCH3 is 1. The van der Waals surface area contributed by atoms with Gasteiger partial charge in [-0.2, -0.15) is 0 Å². The van der Waals surface area contributed by atoms with E-state index in [4.69, 9.17) is 4.74 Å². The Morgan fingerprint density at radius 2 is 1.94 bits per heavy atom. The molecule has 2 aromatic rings. The van der Waals surface area contributed by atoms with E-state index < -0.39 is 17.4 Å². The summed E-state index contributed by atoms with van der Waals surface area (Å²) in [5.74, 6) is -1.31. The van der Waals surface area contributed by atoms with Crippen molar-refractivity contribution in [2.24, 2.45) is 0 Å². The largest absolute Gasteiger partial charge is 0.464 e. The minimum absolute atomic E-state index is 0.0367. The van der Waals surface area contributed by atoms with Crippen molar-refractivity contribution in [1.82, 2.24) is 14.9 Å². The van der Waals surface area contributed by atoms with Crippen molar-refractivity contribution in [3.05, 3.63) is 47.5 Å². The Hall–Kier alpha value is -3.16. The van der Waals surface area contributed by atoms with E-state index >= 15 is 0 Å². The minimum atomic E-state index is -1.18. The van der Waals surface area contributed by atoms with Crippen molar-refractivity contribution in [2.45, 2.75) is 76.9 Å². The molecule has 8 nitrogen and oxygen atoms in total. The van der Waals surface area contributed by atoms with Crippen LogP contribution in [0.3, 0.4) is 0 Å². The molecule has 1 saturated carbocycles. The van der Waals surface area contributed by atoms with Gasteiger partial charge in [-0.15, -0.1) is 0 Å². The van der Waals surface area contributed by atoms with E-state index in [9.17, 15) is 14.4 Å². The van der Waals surface area contributed by atoms with Crippen LogP contribution in [0.4, 0.5) is 5.69 Å². The highest BCUT2D eigenvalue weighted by Crippen LogP contribution is 2.34. The Labute approximate surface area is 194 Å². The molecular formula is C25H32N4O4. The predicted octanol–water partition coefficient (Wildman–Crippen LogP) is 3.49. The lowest BCUT2D eigenvalue weighted by Crippen LogP contribution is -2.65. The monoisotopic (exact) mass is 452 g/mol. The highest BCUT2D eigenvalue weighted by atomic mass is 16.5. The van der Waals surface area contributed by atoms with Gasteiger partial charge in [-0.05, 0) is 43.9 Å². The summed E-state index contributed by atoms with van der Waals surface area (Å²) in [6.07, 6.45) is 8.70. The van der Waals surface area contributed by atoms with Crippen LogP contribution in [-0.4, -0.2) is 46.0 Å². The van der Waals surface area contributed by atoms with Crippen molar-refractivity contribution >= 4 is 23.5 Å². The Kier molecular flexibility index (Phi) is 6.54. The smallest absolute Gasteiger partial charge is 0.359 e. The number of amides is 2. The van der Waals surface area contributed by atoms with E-state index in [0.29, 0.717) is 5.69 Å². The average molecular weight is 453 g/mol. The summed E-state index contributed by atoms with van der Waals surface area (Å²) in [5.41, 5.74) is 0.603. The van der Waals surface area contributed by atoms with Gasteiger partial charge in [0.1, 0.15) is 11.2 Å². The summed E-state index contributed by atoms with van der Waals surface area (Å²) < 4.78 is 6.43. The minimum Gasteiger partial charge on any atom is -0.464 e. The van der Waals surface area contributed by atoms with Gasteiger partial charge in [-0.25, -0.2) is 9.78 Å². The first-order valence-corrected chi connectivity index (χ1v) is 11.8. The van der Waals surface area contributed by atoms with Gasteiger partial charge in [0.2, 0.25) is 5.91 Å². The standard InChI is InChI=1S/C25H32N4O4/c1-4-17-10-9-13-19(14-17)29-22(30)21-20(23(31)33-3)26-16-28(21)15-25(29,2)24(32)27-18-11-7-5-6-8-12-18/h9-10,13-14,16,18H,4-8,11-12,15H2,1-3H3,(H,27,32)/t25-/m1/s1. The number of carbonyl (C=O) groups is 3. The third-order valence-electron chi connectivity index (χ3n) is 6.85. The molecule has 2 amide bonds. The van der Waals surface area contributed by atoms with Crippen LogP contribution < -0.4 is 10.2 Å². The number of esters is 1. The lowest BCUT2D eigenvalue weighted by atomic mass is 9.92. The van der Waals surface area contributed by atoms with Gasteiger partial charge in [0, 0.05) is 11.7 Å². The average Bonchev–Trinajstić information content (AvgIpc) is 3.06. The summed E-state index contributed by atoms with van der Waals surface area (Å²) in [7, 11) is 1.26. The Bertz CT molecular complexity index is 1050. The molecule has 176 valence electrons.